The molecule has 2 unspecified atom stereocenters. The number of aliphatic hydroxyl groups is 1. The fourth-order valence-electron chi connectivity index (χ4n) is 1.36. The van der Waals surface area contributed by atoms with Gasteiger partial charge in [-0.2, -0.15) is 0 Å². The van der Waals surface area contributed by atoms with Crippen molar-refractivity contribution in [3.05, 3.63) is 28.2 Å². The molecule has 1 aromatic carbocycles. The molecule has 0 aromatic heterocycles. The number of sulfone groups is 1. The molecule has 2 atom stereocenters. The van der Waals surface area contributed by atoms with Crippen molar-refractivity contribution in [2.45, 2.75) is 18.3 Å². The molecule has 1 aromatic rings. The lowest BCUT2D eigenvalue weighted by Crippen LogP contribution is -2.24. The summed E-state index contributed by atoms with van der Waals surface area (Å²) in [5.74, 6) is 0.639. The summed E-state index contributed by atoms with van der Waals surface area (Å²) in [7, 11) is -1.75. The molecule has 4 nitrogen and oxygen atoms in total. The maximum absolute atomic E-state index is 11.4. The number of aliphatic hydroxyl groups excluding tert-OH is 1. The molecule has 6 heteroatoms. The van der Waals surface area contributed by atoms with E-state index in [1.807, 2.05) is 0 Å². The number of methoxy groups -OCH3 is 1. The lowest BCUT2D eigenvalue weighted by atomic mass is 10.1. The highest BCUT2D eigenvalue weighted by Crippen LogP contribution is 2.31. The number of hydrogen-bond donors (Lipinski definition) is 1. The molecular weight excluding hydrogens is 308 g/mol. The number of rotatable bonds is 4. The summed E-state index contributed by atoms with van der Waals surface area (Å²) in [5.41, 5.74) is 0.531. The van der Waals surface area contributed by atoms with Crippen LogP contribution in [-0.4, -0.2) is 32.1 Å². The van der Waals surface area contributed by atoms with E-state index in [-0.39, 0.29) is 0 Å². The summed E-state index contributed by atoms with van der Waals surface area (Å²) in [4.78, 5) is 0. The zero-order valence-corrected chi connectivity index (χ0v) is 12.2. The molecule has 0 heterocycles. The predicted molar refractivity (Wildman–Crippen MR) is 70.0 cm³/mol. The van der Waals surface area contributed by atoms with Crippen molar-refractivity contribution in [3.8, 4) is 5.75 Å². The molecule has 0 radical (unpaired) electrons. The van der Waals surface area contributed by atoms with Crippen molar-refractivity contribution >= 4 is 25.8 Å². The molecular formula is C11H15BrO4S. The summed E-state index contributed by atoms with van der Waals surface area (Å²) in [6, 6.07) is 5.02. The van der Waals surface area contributed by atoms with E-state index < -0.39 is 21.2 Å². The maximum atomic E-state index is 11.4. The third-order valence-electron chi connectivity index (χ3n) is 2.65. The van der Waals surface area contributed by atoms with Gasteiger partial charge in [0.2, 0.25) is 0 Å². The van der Waals surface area contributed by atoms with E-state index in [4.69, 9.17) is 4.74 Å². The van der Waals surface area contributed by atoms with Crippen molar-refractivity contribution in [1.29, 1.82) is 0 Å². The summed E-state index contributed by atoms with van der Waals surface area (Å²) >= 11 is 3.29. The summed E-state index contributed by atoms with van der Waals surface area (Å²) in [5, 5.41) is 9.16. The molecule has 96 valence electrons. The van der Waals surface area contributed by atoms with Crippen LogP contribution >= 0.6 is 15.9 Å². The third kappa shape index (κ3) is 3.43. The smallest absolute Gasteiger partial charge is 0.152 e. The SMILES string of the molecule is COc1ccc(C(O)C(C)S(C)(=O)=O)c(Br)c1. The van der Waals surface area contributed by atoms with Gasteiger partial charge in [-0.3, -0.25) is 0 Å². The molecule has 0 bridgehead atoms. The lowest BCUT2D eigenvalue weighted by Gasteiger charge is -2.19. The zero-order chi connectivity index (χ0) is 13.2. The number of halogens is 1. The van der Waals surface area contributed by atoms with Gasteiger partial charge in [-0.15, -0.1) is 0 Å². The normalized spacial score (nSPS) is 15.4. The molecule has 0 saturated heterocycles. The van der Waals surface area contributed by atoms with Crippen LogP contribution in [0.15, 0.2) is 22.7 Å². The minimum Gasteiger partial charge on any atom is -0.497 e. The van der Waals surface area contributed by atoms with Gasteiger partial charge in [-0.05, 0) is 24.6 Å². The van der Waals surface area contributed by atoms with Crippen LogP contribution in [0.1, 0.15) is 18.6 Å². The van der Waals surface area contributed by atoms with Crippen LogP contribution in [0.5, 0.6) is 5.75 Å². The van der Waals surface area contributed by atoms with Gasteiger partial charge < -0.3 is 9.84 Å². The topological polar surface area (TPSA) is 63.6 Å². The van der Waals surface area contributed by atoms with Crippen LogP contribution in [0.2, 0.25) is 0 Å². The zero-order valence-electron chi connectivity index (χ0n) is 9.84. The van der Waals surface area contributed by atoms with Gasteiger partial charge in [0, 0.05) is 10.7 Å². The van der Waals surface area contributed by atoms with Crippen LogP contribution in [0.3, 0.4) is 0 Å². The monoisotopic (exact) mass is 322 g/mol. The Bertz CT molecular complexity index is 498. The molecule has 0 aliphatic heterocycles. The molecule has 17 heavy (non-hydrogen) atoms. The van der Waals surface area contributed by atoms with E-state index in [1.54, 1.807) is 18.2 Å². The van der Waals surface area contributed by atoms with Gasteiger partial charge in [0.05, 0.1) is 18.5 Å². The van der Waals surface area contributed by atoms with Gasteiger partial charge in [0.1, 0.15) is 5.75 Å². The lowest BCUT2D eigenvalue weighted by molar-refractivity contribution is 0.175. The van der Waals surface area contributed by atoms with E-state index >= 15 is 0 Å². The van der Waals surface area contributed by atoms with Crippen molar-refractivity contribution in [2.24, 2.45) is 0 Å². The van der Waals surface area contributed by atoms with Gasteiger partial charge in [0.15, 0.2) is 9.84 Å². The maximum Gasteiger partial charge on any atom is 0.152 e. The van der Waals surface area contributed by atoms with E-state index in [2.05, 4.69) is 15.9 Å². The number of ether oxygens (including phenoxy) is 1. The quantitative estimate of drug-likeness (QED) is 0.919. The Morgan fingerprint density at radius 2 is 2.00 bits per heavy atom. The first-order valence-electron chi connectivity index (χ1n) is 4.97. The number of benzene rings is 1. The standard InChI is InChI=1S/C11H15BrO4S/c1-7(17(3,14)15)11(13)9-5-4-8(16-2)6-10(9)12/h4-7,11,13H,1-3H3. The molecule has 1 rings (SSSR count). The minimum absolute atomic E-state index is 0.531. The second-order valence-corrected chi connectivity index (χ2v) is 7.12. The first-order chi connectivity index (χ1) is 7.77. The summed E-state index contributed by atoms with van der Waals surface area (Å²) < 4.78 is 28.4. The second kappa shape index (κ2) is 5.37. The van der Waals surface area contributed by atoms with E-state index in [9.17, 15) is 13.5 Å². The largest absolute Gasteiger partial charge is 0.497 e. The fraction of sp³-hybridized carbons (Fsp3) is 0.455. The van der Waals surface area contributed by atoms with E-state index in [0.29, 0.717) is 15.8 Å². The van der Waals surface area contributed by atoms with Crippen molar-refractivity contribution in [1.82, 2.24) is 0 Å². The molecule has 1 N–H and O–H groups in total. The second-order valence-electron chi connectivity index (χ2n) is 3.87. The Morgan fingerprint density at radius 3 is 2.41 bits per heavy atom. The Kier molecular flexibility index (Phi) is 4.57. The number of hydrogen-bond acceptors (Lipinski definition) is 4. The summed E-state index contributed by atoms with van der Waals surface area (Å²) in [6.45, 7) is 1.48. The highest BCUT2D eigenvalue weighted by Gasteiger charge is 2.26. The average Bonchev–Trinajstić information content (AvgIpc) is 2.25. The highest BCUT2D eigenvalue weighted by molar-refractivity contribution is 9.10. The third-order valence-corrected chi connectivity index (χ3v) is 4.94. The average molecular weight is 323 g/mol. The van der Waals surface area contributed by atoms with E-state index in [0.717, 1.165) is 6.26 Å². The van der Waals surface area contributed by atoms with E-state index in [1.165, 1.54) is 14.0 Å². The minimum atomic E-state index is -3.28. The Hall–Kier alpha value is -0.590. The van der Waals surface area contributed by atoms with Crippen LogP contribution in [0, 0.1) is 0 Å². The van der Waals surface area contributed by atoms with Crippen LogP contribution in [0.4, 0.5) is 0 Å². The molecule has 0 saturated carbocycles. The molecule has 0 aliphatic carbocycles. The first-order valence-corrected chi connectivity index (χ1v) is 7.72. The first kappa shape index (κ1) is 14.5. The molecule has 0 fully saturated rings. The van der Waals surface area contributed by atoms with Crippen LogP contribution < -0.4 is 4.74 Å². The predicted octanol–water partition coefficient (Wildman–Crippen LogP) is 1.92. The fourth-order valence-corrected chi connectivity index (χ4v) is 2.57. The van der Waals surface area contributed by atoms with Crippen LogP contribution in [-0.2, 0) is 9.84 Å². The highest BCUT2D eigenvalue weighted by atomic mass is 79.9. The Labute approximate surface area is 110 Å². The molecule has 0 aliphatic rings. The Balaban J connectivity index is 3.09. The molecule has 0 spiro atoms. The van der Waals surface area contributed by atoms with Gasteiger partial charge in [-0.25, -0.2) is 8.42 Å². The van der Waals surface area contributed by atoms with Gasteiger partial charge in [-0.1, -0.05) is 22.0 Å². The van der Waals surface area contributed by atoms with Crippen molar-refractivity contribution < 1.29 is 18.3 Å². The van der Waals surface area contributed by atoms with Gasteiger partial charge >= 0.3 is 0 Å². The summed E-state index contributed by atoms with van der Waals surface area (Å²) in [6.07, 6.45) is 0.0449. The Morgan fingerprint density at radius 1 is 1.41 bits per heavy atom. The van der Waals surface area contributed by atoms with Crippen LogP contribution in [0.25, 0.3) is 0 Å². The van der Waals surface area contributed by atoms with Gasteiger partial charge in [0.25, 0.3) is 0 Å². The molecule has 0 amide bonds. The van der Waals surface area contributed by atoms with Crippen molar-refractivity contribution in [2.75, 3.05) is 13.4 Å². The van der Waals surface area contributed by atoms with Crippen molar-refractivity contribution in [3.63, 3.8) is 0 Å².